The molecule has 0 spiro atoms. The summed E-state index contributed by atoms with van der Waals surface area (Å²) in [4.78, 5) is 35.7. The zero-order valence-electron chi connectivity index (χ0n) is 9.77. The highest BCUT2D eigenvalue weighted by Crippen LogP contribution is 2.20. The summed E-state index contributed by atoms with van der Waals surface area (Å²) < 4.78 is 4.63. The molecule has 2 fully saturated rings. The summed E-state index contributed by atoms with van der Waals surface area (Å²) in [6.07, 6.45) is 1.49. The van der Waals surface area contributed by atoms with E-state index >= 15 is 0 Å². The Labute approximate surface area is 99.3 Å². The molecule has 2 amide bonds. The van der Waals surface area contributed by atoms with E-state index in [1.54, 1.807) is 4.90 Å². The summed E-state index contributed by atoms with van der Waals surface area (Å²) in [7, 11) is 1.33. The Morgan fingerprint density at radius 1 is 1.53 bits per heavy atom. The van der Waals surface area contributed by atoms with Gasteiger partial charge in [-0.05, 0) is 6.42 Å². The molecule has 0 aliphatic carbocycles. The molecule has 6 nitrogen and oxygen atoms in total. The topological polar surface area (TPSA) is 75.7 Å². The minimum atomic E-state index is -0.357. The summed E-state index contributed by atoms with van der Waals surface area (Å²) in [6, 6.07) is 0.0304. The van der Waals surface area contributed by atoms with Gasteiger partial charge < -0.3 is 15.0 Å². The SMILES string of the molecule is COC(=O)C1CC(=O)N(C[C@H]2CCC(=O)N2)C1. The lowest BCUT2D eigenvalue weighted by Gasteiger charge is -2.20. The number of rotatable bonds is 3. The highest BCUT2D eigenvalue weighted by molar-refractivity contribution is 5.87. The Bertz CT molecular complexity index is 355. The van der Waals surface area contributed by atoms with E-state index in [0.29, 0.717) is 19.5 Å². The normalized spacial score (nSPS) is 28.4. The monoisotopic (exact) mass is 240 g/mol. The number of methoxy groups -OCH3 is 1. The summed E-state index contributed by atoms with van der Waals surface area (Å²) in [6.45, 7) is 0.899. The highest BCUT2D eigenvalue weighted by Gasteiger charge is 2.36. The Hall–Kier alpha value is -1.59. The van der Waals surface area contributed by atoms with E-state index in [-0.39, 0.29) is 36.2 Å². The van der Waals surface area contributed by atoms with Crippen molar-refractivity contribution in [2.75, 3.05) is 20.2 Å². The largest absolute Gasteiger partial charge is 0.469 e. The van der Waals surface area contributed by atoms with E-state index in [1.807, 2.05) is 0 Å². The molecule has 6 heteroatoms. The van der Waals surface area contributed by atoms with Crippen LogP contribution in [0.25, 0.3) is 0 Å². The number of carbonyl (C=O) groups excluding carboxylic acids is 3. The van der Waals surface area contributed by atoms with Gasteiger partial charge in [-0.2, -0.15) is 0 Å². The highest BCUT2D eigenvalue weighted by atomic mass is 16.5. The minimum Gasteiger partial charge on any atom is -0.469 e. The number of hydrogen-bond donors (Lipinski definition) is 1. The van der Waals surface area contributed by atoms with Gasteiger partial charge in [0, 0.05) is 32.0 Å². The van der Waals surface area contributed by atoms with Crippen molar-refractivity contribution in [1.82, 2.24) is 10.2 Å². The van der Waals surface area contributed by atoms with Crippen LogP contribution >= 0.6 is 0 Å². The quantitative estimate of drug-likeness (QED) is 0.661. The maximum absolute atomic E-state index is 11.7. The number of esters is 1. The molecule has 2 aliphatic heterocycles. The number of likely N-dealkylation sites (tertiary alicyclic amines) is 1. The van der Waals surface area contributed by atoms with E-state index in [0.717, 1.165) is 6.42 Å². The molecule has 1 unspecified atom stereocenters. The molecule has 2 aliphatic rings. The van der Waals surface area contributed by atoms with Crippen LogP contribution in [-0.2, 0) is 19.1 Å². The van der Waals surface area contributed by atoms with Gasteiger partial charge in [0.2, 0.25) is 11.8 Å². The summed E-state index contributed by atoms with van der Waals surface area (Å²) in [5.74, 6) is -0.700. The van der Waals surface area contributed by atoms with Crippen LogP contribution in [0, 0.1) is 5.92 Å². The van der Waals surface area contributed by atoms with Crippen molar-refractivity contribution in [3.05, 3.63) is 0 Å². The van der Waals surface area contributed by atoms with Crippen molar-refractivity contribution >= 4 is 17.8 Å². The third-order valence-corrected chi connectivity index (χ3v) is 3.27. The van der Waals surface area contributed by atoms with Crippen molar-refractivity contribution in [2.45, 2.75) is 25.3 Å². The van der Waals surface area contributed by atoms with Gasteiger partial charge in [-0.15, -0.1) is 0 Å². The summed E-state index contributed by atoms with van der Waals surface area (Å²) >= 11 is 0. The van der Waals surface area contributed by atoms with Crippen molar-refractivity contribution < 1.29 is 19.1 Å². The van der Waals surface area contributed by atoms with Crippen molar-refractivity contribution in [1.29, 1.82) is 0 Å². The zero-order valence-corrected chi connectivity index (χ0v) is 9.77. The van der Waals surface area contributed by atoms with Crippen molar-refractivity contribution in [3.8, 4) is 0 Å². The summed E-state index contributed by atoms with van der Waals surface area (Å²) in [5, 5.41) is 2.81. The molecular weight excluding hydrogens is 224 g/mol. The third kappa shape index (κ3) is 2.57. The molecule has 2 saturated heterocycles. The number of carbonyl (C=O) groups is 3. The first-order chi connectivity index (χ1) is 8.10. The van der Waals surface area contributed by atoms with Crippen LogP contribution in [0.5, 0.6) is 0 Å². The number of nitrogens with zero attached hydrogens (tertiary/aromatic N) is 1. The smallest absolute Gasteiger partial charge is 0.310 e. The van der Waals surface area contributed by atoms with Crippen LogP contribution in [0.1, 0.15) is 19.3 Å². The lowest BCUT2D eigenvalue weighted by atomic mass is 10.1. The lowest BCUT2D eigenvalue weighted by Crippen LogP contribution is -2.39. The molecule has 0 radical (unpaired) electrons. The van der Waals surface area contributed by atoms with Crippen LogP contribution < -0.4 is 5.32 Å². The van der Waals surface area contributed by atoms with Crippen LogP contribution in [0.15, 0.2) is 0 Å². The van der Waals surface area contributed by atoms with Crippen molar-refractivity contribution in [2.24, 2.45) is 5.92 Å². The molecule has 0 aromatic rings. The van der Waals surface area contributed by atoms with Crippen LogP contribution in [0.3, 0.4) is 0 Å². The fourth-order valence-corrected chi connectivity index (χ4v) is 2.35. The molecule has 0 bridgehead atoms. The molecule has 17 heavy (non-hydrogen) atoms. The molecule has 2 atom stereocenters. The molecule has 0 saturated carbocycles. The second-order valence-electron chi connectivity index (χ2n) is 4.53. The van der Waals surface area contributed by atoms with E-state index in [4.69, 9.17) is 0 Å². The lowest BCUT2D eigenvalue weighted by molar-refractivity contribution is -0.145. The minimum absolute atomic E-state index is 0.0304. The molecule has 0 aromatic carbocycles. The van der Waals surface area contributed by atoms with E-state index in [2.05, 4.69) is 10.1 Å². The predicted octanol–water partition coefficient (Wildman–Crippen LogP) is -0.713. The Morgan fingerprint density at radius 3 is 2.88 bits per heavy atom. The Balaban J connectivity index is 1.88. The molecular formula is C11H16N2O4. The van der Waals surface area contributed by atoms with Crippen LogP contribution in [0.4, 0.5) is 0 Å². The fourth-order valence-electron chi connectivity index (χ4n) is 2.35. The van der Waals surface area contributed by atoms with Gasteiger partial charge >= 0.3 is 5.97 Å². The van der Waals surface area contributed by atoms with Crippen LogP contribution in [0.2, 0.25) is 0 Å². The second kappa shape index (κ2) is 4.73. The maximum atomic E-state index is 11.7. The molecule has 2 heterocycles. The molecule has 2 rings (SSSR count). The molecule has 0 aromatic heterocycles. The number of ether oxygens (including phenoxy) is 1. The first-order valence-corrected chi connectivity index (χ1v) is 5.75. The molecule has 94 valence electrons. The second-order valence-corrected chi connectivity index (χ2v) is 4.53. The first kappa shape index (κ1) is 11.9. The zero-order chi connectivity index (χ0) is 12.4. The Kier molecular flexibility index (Phi) is 3.31. The number of nitrogens with one attached hydrogen (secondary N) is 1. The van der Waals surface area contributed by atoms with E-state index < -0.39 is 0 Å². The van der Waals surface area contributed by atoms with Gasteiger partial charge in [0.25, 0.3) is 0 Å². The van der Waals surface area contributed by atoms with Gasteiger partial charge in [-0.3, -0.25) is 14.4 Å². The average molecular weight is 240 g/mol. The number of hydrogen-bond acceptors (Lipinski definition) is 4. The van der Waals surface area contributed by atoms with Gasteiger partial charge in [-0.25, -0.2) is 0 Å². The van der Waals surface area contributed by atoms with E-state index in [9.17, 15) is 14.4 Å². The van der Waals surface area contributed by atoms with Crippen LogP contribution in [-0.4, -0.2) is 48.9 Å². The third-order valence-electron chi connectivity index (χ3n) is 3.27. The maximum Gasteiger partial charge on any atom is 0.310 e. The van der Waals surface area contributed by atoms with Crippen molar-refractivity contribution in [3.63, 3.8) is 0 Å². The molecule has 1 N–H and O–H groups in total. The van der Waals surface area contributed by atoms with Gasteiger partial charge in [0.1, 0.15) is 0 Å². The summed E-state index contributed by atoms with van der Waals surface area (Å²) in [5.41, 5.74) is 0. The first-order valence-electron chi connectivity index (χ1n) is 5.75. The van der Waals surface area contributed by atoms with Gasteiger partial charge in [0.05, 0.1) is 13.0 Å². The van der Waals surface area contributed by atoms with Gasteiger partial charge in [0.15, 0.2) is 0 Å². The standard InChI is InChI=1S/C11H16N2O4/c1-17-11(16)7-4-10(15)13(5-7)6-8-2-3-9(14)12-8/h7-8H,2-6H2,1H3,(H,12,14)/t7?,8-/m1/s1. The average Bonchev–Trinajstić information content (AvgIpc) is 2.86. The van der Waals surface area contributed by atoms with Gasteiger partial charge in [-0.1, -0.05) is 0 Å². The Morgan fingerprint density at radius 2 is 2.29 bits per heavy atom. The predicted molar refractivity (Wildman–Crippen MR) is 57.9 cm³/mol. The fraction of sp³-hybridized carbons (Fsp3) is 0.727. The number of amides is 2. The van der Waals surface area contributed by atoms with E-state index in [1.165, 1.54) is 7.11 Å².